The number of pyridine rings is 2. The number of anilines is 3. The van der Waals surface area contributed by atoms with Crippen LogP contribution in [-0.4, -0.2) is 41.3 Å². The Morgan fingerprint density at radius 1 is 1.07 bits per heavy atom. The van der Waals surface area contributed by atoms with Crippen molar-refractivity contribution in [3.05, 3.63) is 47.6 Å². The van der Waals surface area contributed by atoms with Crippen LogP contribution in [0.4, 0.5) is 17.3 Å². The van der Waals surface area contributed by atoms with Gasteiger partial charge in [-0.1, -0.05) is 13.0 Å². The number of nitrogens with one attached hydrogen (secondary N) is 1. The van der Waals surface area contributed by atoms with E-state index in [0.29, 0.717) is 0 Å². The summed E-state index contributed by atoms with van der Waals surface area (Å²) in [5.41, 5.74) is 2.00. The minimum absolute atomic E-state index is 0. The van der Waals surface area contributed by atoms with Crippen molar-refractivity contribution >= 4 is 41.1 Å². The first kappa shape index (κ1) is 19.5. The van der Waals surface area contributed by atoms with Crippen molar-refractivity contribution in [1.82, 2.24) is 15.0 Å². The highest BCUT2D eigenvalue weighted by atomic mass is 35.5. The van der Waals surface area contributed by atoms with Gasteiger partial charge in [-0.3, -0.25) is 0 Å². The number of nitrogens with zero attached hydrogens (tertiary/aromatic N) is 4. The van der Waals surface area contributed by atoms with Crippen molar-refractivity contribution in [3.8, 4) is 10.7 Å². The summed E-state index contributed by atoms with van der Waals surface area (Å²) in [7, 11) is 0. The highest BCUT2D eigenvalue weighted by Gasteiger charge is 2.11. The maximum atomic E-state index is 5.39. The Morgan fingerprint density at radius 3 is 2.63 bits per heavy atom. The molecule has 0 amide bonds. The van der Waals surface area contributed by atoms with E-state index in [1.54, 1.807) is 11.3 Å². The van der Waals surface area contributed by atoms with Crippen LogP contribution in [0.5, 0.6) is 0 Å². The molecule has 27 heavy (non-hydrogen) atoms. The molecule has 0 aliphatic carbocycles. The molecule has 142 valence electrons. The molecule has 1 saturated heterocycles. The van der Waals surface area contributed by atoms with Gasteiger partial charge in [-0.2, -0.15) is 0 Å². The smallest absolute Gasteiger partial charge is 0.142 e. The second kappa shape index (κ2) is 9.12. The largest absolute Gasteiger partial charge is 0.378 e. The van der Waals surface area contributed by atoms with Gasteiger partial charge in [0, 0.05) is 24.2 Å². The Labute approximate surface area is 169 Å². The summed E-state index contributed by atoms with van der Waals surface area (Å²) in [5, 5.41) is 4.22. The van der Waals surface area contributed by atoms with E-state index in [1.807, 2.05) is 36.7 Å². The Bertz CT molecular complexity index is 865. The maximum Gasteiger partial charge on any atom is 0.142 e. The molecule has 4 heterocycles. The number of aryl methyl sites for hydroxylation is 1. The molecule has 0 spiro atoms. The Hall–Kier alpha value is -2.22. The zero-order valence-corrected chi connectivity index (χ0v) is 16.7. The van der Waals surface area contributed by atoms with Crippen molar-refractivity contribution in [1.29, 1.82) is 0 Å². The number of morpholine rings is 1. The molecule has 0 saturated carbocycles. The summed E-state index contributed by atoms with van der Waals surface area (Å²) in [5.74, 6) is 1.54. The lowest BCUT2D eigenvalue weighted by Crippen LogP contribution is -2.36. The molecule has 0 radical (unpaired) electrons. The molecule has 8 heteroatoms. The molecule has 1 fully saturated rings. The van der Waals surface area contributed by atoms with Crippen LogP contribution < -0.4 is 10.2 Å². The lowest BCUT2D eigenvalue weighted by molar-refractivity contribution is 0.122. The summed E-state index contributed by atoms with van der Waals surface area (Å²) in [6.45, 7) is 5.49. The molecule has 0 aromatic carbocycles. The molecule has 4 rings (SSSR count). The van der Waals surface area contributed by atoms with E-state index in [1.165, 1.54) is 4.88 Å². The third kappa shape index (κ3) is 4.74. The normalized spacial score (nSPS) is 13.9. The van der Waals surface area contributed by atoms with Gasteiger partial charge >= 0.3 is 0 Å². The Kier molecular flexibility index (Phi) is 6.60. The molecule has 0 atom stereocenters. The number of rotatable bonds is 5. The van der Waals surface area contributed by atoms with Crippen LogP contribution in [0.1, 0.15) is 11.8 Å². The molecule has 0 bridgehead atoms. The van der Waals surface area contributed by atoms with Gasteiger partial charge in [0.05, 0.1) is 25.1 Å². The van der Waals surface area contributed by atoms with Crippen LogP contribution in [0.25, 0.3) is 10.7 Å². The number of hydrogen-bond donors (Lipinski definition) is 1. The van der Waals surface area contributed by atoms with Gasteiger partial charge in [-0.25, -0.2) is 15.0 Å². The van der Waals surface area contributed by atoms with Crippen LogP contribution >= 0.6 is 23.7 Å². The van der Waals surface area contributed by atoms with Crippen LogP contribution in [0.15, 0.2) is 42.7 Å². The topological polar surface area (TPSA) is 63.2 Å². The number of halogens is 1. The second-order valence-electron chi connectivity index (χ2n) is 6.02. The first-order valence-electron chi connectivity index (χ1n) is 8.80. The molecule has 6 nitrogen and oxygen atoms in total. The van der Waals surface area contributed by atoms with Crippen molar-refractivity contribution in [2.45, 2.75) is 13.3 Å². The minimum atomic E-state index is 0. The summed E-state index contributed by atoms with van der Waals surface area (Å²) in [6, 6.07) is 9.98. The van der Waals surface area contributed by atoms with E-state index in [2.05, 4.69) is 38.2 Å². The van der Waals surface area contributed by atoms with Crippen LogP contribution in [0.2, 0.25) is 0 Å². The first-order chi connectivity index (χ1) is 12.8. The highest BCUT2D eigenvalue weighted by molar-refractivity contribution is 7.14. The van der Waals surface area contributed by atoms with Gasteiger partial charge in [0.25, 0.3) is 0 Å². The fraction of sp³-hybridized carbons (Fsp3) is 0.316. The van der Waals surface area contributed by atoms with Crippen molar-refractivity contribution in [2.24, 2.45) is 0 Å². The average Bonchev–Trinajstić information content (AvgIpc) is 3.19. The van der Waals surface area contributed by atoms with E-state index in [9.17, 15) is 0 Å². The monoisotopic (exact) mass is 403 g/mol. The third-order valence-electron chi connectivity index (χ3n) is 4.25. The highest BCUT2D eigenvalue weighted by Crippen LogP contribution is 2.25. The predicted molar refractivity (Wildman–Crippen MR) is 113 cm³/mol. The van der Waals surface area contributed by atoms with Crippen molar-refractivity contribution in [3.63, 3.8) is 0 Å². The van der Waals surface area contributed by atoms with Gasteiger partial charge < -0.3 is 15.0 Å². The van der Waals surface area contributed by atoms with E-state index in [0.717, 1.165) is 60.7 Å². The molecule has 1 N–H and O–H groups in total. The van der Waals surface area contributed by atoms with Gasteiger partial charge in [-0.05, 0) is 30.7 Å². The van der Waals surface area contributed by atoms with Gasteiger partial charge in [0.2, 0.25) is 0 Å². The zero-order chi connectivity index (χ0) is 17.8. The SMILES string of the molecule is CCc1cnc(-c2cccc(Nc3ccc(N4CCOCC4)cn3)n2)s1.Cl. The number of hydrogen-bond acceptors (Lipinski definition) is 7. The van der Waals surface area contributed by atoms with E-state index in [-0.39, 0.29) is 12.4 Å². The maximum absolute atomic E-state index is 5.39. The molecule has 0 unspecified atom stereocenters. The summed E-state index contributed by atoms with van der Waals surface area (Å²) >= 11 is 1.69. The summed E-state index contributed by atoms with van der Waals surface area (Å²) in [4.78, 5) is 17.2. The number of ether oxygens (including phenoxy) is 1. The van der Waals surface area contributed by atoms with Crippen LogP contribution in [-0.2, 0) is 11.2 Å². The first-order valence-corrected chi connectivity index (χ1v) is 9.61. The predicted octanol–water partition coefficient (Wildman–Crippen LogP) is 4.16. The van der Waals surface area contributed by atoms with E-state index < -0.39 is 0 Å². The average molecular weight is 404 g/mol. The standard InChI is InChI=1S/C19H21N5OS.ClH/c1-2-15-13-21-19(26-15)16-4-3-5-18(22-16)23-17-7-6-14(12-20-17)24-8-10-25-11-9-24;/h3-7,12-13H,2,8-11H2,1H3,(H,20,22,23);1H. The fourth-order valence-corrected chi connectivity index (χ4v) is 3.63. The van der Waals surface area contributed by atoms with Gasteiger partial charge in [0.1, 0.15) is 22.3 Å². The fourth-order valence-electron chi connectivity index (χ4n) is 2.81. The van der Waals surface area contributed by atoms with Crippen molar-refractivity contribution < 1.29 is 4.74 Å². The second-order valence-corrected chi connectivity index (χ2v) is 7.13. The zero-order valence-electron chi connectivity index (χ0n) is 15.1. The lowest BCUT2D eigenvalue weighted by Gasteiger charge is -2.28. The summed E-state index contributed by atoms with van der Waals surface area (Å²) in [6.07, 6.45) is 4.81. The Morgan fingerprint density at radius 2 is 1.93 bits per heavy atom. The third-order valence-corrected chi connectivity index (χ3v) is 5.41. The van der Waals surface area contributed by atoms with Gasteiger partial charge in [0.15, 0.2) is 0 Å². The lowest BCUT2D eigenvalue weighted by atomic mass is 10.3. The van der Waals surface area contributed by atoms with E-state index >= 15 is 0 Å². The molecule has 3 aromatic heterocycles. The quantitative estimate of drug-likeness (QED) is 0.690. The molecular weight excluding hydrogens is 382 g/mol. The summed E-state index contributed by atoms with van der Waals surface area (Å²) < 4.78 is 5.39. The molecule has 1 aliphatic rings. The minimum Gasteiger partial charge on any atom is -0.378 e. The Balaban J connectivity index is 0.00000210. The van der Waals surface area contributed by atoms with Crippen LogP contribution in [0, 0.1) is 0 Å². The molecular formula is C19H22ClN5OS. The van der Waals surface area contributed by atoms with Crippen LogP contribution in [0.3, 0.4) is 0 Å². The number of aromatic nitrogens is 3. The van der Waals surface area contributed by atoms with Crippen molar-refractivity contribution in [2.75, 3.05) is 36.5 Å². The number of thiazole rings is 1. The van der Waals surface area contributed by atoms with Gasteiger partial charge in [-0.15, -0.1) is 23.7 Å². The molecule has 3 aromatic rings. The van der Waals surface area contributed by atoms with E-state index in [4.69, 9.17) is 4.74 Å². The molecule has 1 aliphatic heterocycles.